The van der Waals surface area contributed by atoms with E-state index in [4.69, 9.17) is 16.2 Å². The topological polar surface area (TPSA) is 129 Å². The van der Waals surface area contributed by atoms with Crippen LogP contribution in [0.4, 0.5) is 8.78 Å². The highest BCUT2D eigenvalue weighted by Gasteiger charge is 2.39. The van der Waals surface area contributed by atoms with Gasteiger partial charge in [-0.3, -0.25) is 14.4 Å². The summed E-state index contributed by atoms with van der Waals surface area (Å²) < 4.78 is 39.9. The molecule has 2 aliphatic rings. The molecular formula is C51H66F2N6O4. The molecule has 2 aliphatic heterocycles. The van der Waals surface area contributed by atoms with Gasteiger partial charge in [0.25, 0.3) is 0 Å². The number of hydrogen-bond acceptors (Lipinski definition) is 6. The Bertz CT molecular complexity index is 2490. The molecule has 4 heterocycles. The Hall–Kier alpha value is -5.07. The average molecular weight is 865 g/mol. The van der Waals surface area contributed by atoms with Gasteiger partial charge in [0.15, 0.2) is 0 Å². The predicted octanol–water partition coefficient (Wildman–Crippen LogP) is 9.00. The van der Waals surface area contributed by atoms with E-state index in [1.54, 1.807) is 6.07 Å². The number of ether oxygens (including phenoxy) is 1. The monoisotopic (exact) mass is 865 g/mol. The number of rotatable bonds is 13. The zero-order valence-electron chi connectivity index (χ0n) is 38.4. The molecule has 4 N–H and O–H groups in total. The predicted molar refractivity (Wildman–Crippen MR) is 247 cm³/mol. The maximum absolute atomic E-state index is 15.2. The van der Waals surface area contributed by atoms with Gasteiger partial charge in [-0.1, -0.05) is 72.7 Å². The lowest BCUT2D eigenvalue weighted by molar-refractivity contribution is -0.141. The molecule has 0 radical (unpaired) electrons. The third-order valence-corrected chi connectivity index (χ3v) is 13.4. The van der Waals surface area contributed by atoms with E-state index in [9.17, 15) is 14.4 Å². The molecule has 12 heteroatoms. The van der Waals surface area contributed by atoms with Crippen molar-refractivity contribution in [3.8, 4) is 22.5 Å². The Morgan fingerprint density at radius 2 is 1.10 bits per heavy atom. The van der Waals surface area contributed by atoms with Crippen LogP contribution in [0.25, 0.3) is 44.3 Å². The van der Waals surface area contributed by atoms with E-state index < -0.39 is 23.5 Å². The van der Waals surface area contributed by atoms with Crippen molar-refractivity contribution < 1.29 is 27.9 Å². The molecule has 2 unspecified atom stereocenters. The van der Waals surface area contributed by atoms with Gasteiger partial charge in [-0.15, -0.1) is 0 Å². The number of esters is 1. The first-order chi connectivity index (χ1) is 29.8. The molecule has 5 aromatic rings. The number of fused-ring (bicyclic) bond motifs is 2. The number of amides is 2. The molecule has 338 valence electrons. The summed E-state index contributed by atoms with van der Waals surface area (Å²) in [6.07, 6.45) is 5.32. The van der Waals surface area contributed by atoms with Crippen molar-refractivity contribution in [2.24, 2.45) is 22.3 Å². The first kappa shape index (κ1) is 45.9. The summed E-state index contributed by atoms with van der Waals surface area (Å²) in [7, 11) is 0. The second kappa shape index (κ2) is 18.2. The van der Waals surface area contributed by atoms with Crippen molar-refractivity contribution in [1.82, 2.24) is 18.9 Å². The molecule has 3 aromatic carbocycles. The molecule has 0 spiro atoms. The minimum atomic E-state index is -0.660. The van der Waals surface area contributed by atoms with Crippen molar-refractivity contribution in [3.05, 3.63) is 83.4 Å². The van der Waals surface area contributed by atoms with E-state index in [1.807, 2.05) is 68.0 Å². The maximum atomic E-state index is 15.2. The Balaban J connectivity index is 1.35. The fourth-order valence-electron chi connectivity index (χ4n) is 9.86. The smallest absolute Gasteiger partial charge is 0.302 e. The largest absolute Gasteiger partial charge is 0.464 e. The van der Waals surface area contributed by atoms with Gasteiger partial charge in [0, 0.05) is 49.4 Å². The van der Waals surface area contributed by atoms with Gasteiger partial charge in [-0.25, -0.2) is 8.78 Å². The lowest BCUT2D eigenvalue weighted by atomic mass is 9.86. The number of carbonyl (C=O) groups excluding carboxylic acids is 3. The first-order valence-corrected chi connectivity index (χ1v) is 22.8. The molecule has 0 bridgehead atoms. The van der Waals surface area contributed by atoms with Gasteiger partial charge in [0.05, 0.1) is 41.0 Å². The summed E-state index contributed by atoms with van der Waals surface area (Å²) in [4.78, 5) is 43.6. The third kappa shape index (κ3) is 9.30. The zero-order valence-corrected chi connectivity index (χ0v) is 38.4. The molecule has 2 aromatic heterocycles. The maximum Gasteiger partial charge on any atom is 0.302 e. The quantitative estimate of drug-likeness (QED) is 0.114. The number of aryl methyl sites for hydroxylation is 1. The highest BCUT2D eigenvalue weighted by molar-refractivity contribution is 5.95. The van der Waals surface area contributed by atoms with Crippen LogP contribution in [0.15, 0.2) is 60.7 Å². The number of aromatic nitrogens is 2. The van der Waals surface area contributed by atoms with Crippen LogP contribution in [0, 0.1) is 22.5 Å². The fraction of sp³-hybridized carbons (Fsp3) is 0.510. The summed E-state index contributed by atoms with van der Waals surface area (Å²) in [6.45, 7) is 17.7. The number of halogens is 2. The van der Waals surface area contributed by atoms with Gasteiger partial charge < -0.3 is 35.1 Å². The molecule has 2 fully saturated rings. The van der Waals surface area contributed by atoms with Gasteiger partial charge in [0.2, 0.25) is 11.8 Å². The number of likely N-dealkylation sites (tertiary alicyclic amines) is 2. The SMILES string of the molecule is CCCn1c(-c2ccc(-c3c(C[C@@H]4CCCN4C(=O)C(N)C(C)(C)C)c4ccc(F)cc4n3CCOC(C)=O)cc2)c(C[C@@H]2CCCN2C(=O)C(N)C(C)(C)C)c2ccc(F)cc21. The van der Waals surface area contributed by atoms with Crippen LogP contribution >= 0.6 is 0 Å². The van der Waals surface area contributed by atoms with Gasteiger partial charge in [-0.2, -0.15) is 0 Å². The highest BCUT2D eigenvalue weighted by atomic mass is 19.1. The second-order valence-electron chi connectivity index (χ2n) is 19.9. The van der Waals surface area contributed by atoms with Crippen LogP contribution in [0.3, 0.4) is 0 Å². The standard InChI is InChI=1S/C51H66F2N6O4/c1-9-22-58-42-27-34(52)18-20-38(42)40(29-36-12-10-23-56(36)48(61)46(54)50(3,4)5)44(58)32-14-16-33(17-15-32)45-41(30-37-13-11-24-57(37)49(62)47(55)51(6,7)8)39-21-19-35(53)28-43(39)59(45)25-26-63-31(2)60/h14-21,27-28,36-37,46-47H,9-13,22-26,29-30,54-55H2,1-8H3/t36-,37-,46?,47?/m0/s1. The minimum Gasteiger partial charge on any atom is -0.464 e. The van der Waals surface area contributed by atoms with Crippen molar-refractivity contribution >= 4 is 39.6 Å². The number of carbonyl (C=O) groups is 3. The van der Waals surface area contributed by atoms with Gasteiger partial charge in [0.1, 0.15) is 18.2 Å². The van der Waals surface area contributed by atoms with Crippen LogP contribution in [-0.2, 0) is 45.1 Å². The van der Waals surface area contributed by atoms with Crippen LogP contribution < -0.4 is 11.5 Å². The lowest BCUT2D eigenvalue weighted by Crippen LogP contribution is -2.52. The highest BCUT2D eigenvalue weighted by Crippen LogP contribution is 2.41. The average Bonchev–Trinajstić information content (AvgIpc) is 4.01. The van der Waals surface area contributed by atoms with Gasteiger partial charge in [-0.05, 0) is 114 Å². The van der Waals surface area contributed by atoms with E-state index in [0.717, 1.165) is 82.0 Å². The van der Waals surface area contributed by atoms with E-state index in [0.29, 0.717) is 38.0 Å². The number of benzene rings is 3. The van der Waals surface area contributed by atoms with Crippen molar-refractivity contribution in [2.45, 2.75) is 138 Å². The van der Waals surface area contributed by atoms with Crippen molar-refractivity contribution in [2.75, 3.05) is 19.7 Å². The Morgan fingerprint density at radius 3 is 1.48 bits per heavy atom. The Labute approximate surface area is 370 Å². The molecule has 7 rings (SSSR count). The number of hydrogen-bond donors (Lipinski definition) is 2. The Kier molecular flexibility index (Phi) is 13.3. The molecule has 4 atom stereocenters. The summed E-state index contributed by atoms with van der Waals surface area (Å²) in [5, 5.41) is 1.83. The molecule has 0 aliphatic carbocycles. The zero-order chi connectivity index (χ0) is 45.5. The summed E-state index contributed by atoms with van der Waals surface area (Å²) in [5.41, 5.74) is 19.5. The summed E-state index contributed by atoms with van der Waals surface area (Å²) >= 11 is 0. The molecule has 10 nitrogen and oxygen atoms in total. The van der Waals surface area contributed by atoms with E-state index in [1.165, 1.54) is 25.1 Å². The second-order valence-corrected chi connectivity index (χ2v) is 19.9. The van der Waals surface area contributed by atoms with Crippen molar-refractivity contribution in [1.29, 1.82) is 0 Å². The summed E-state index contributed by atoms with van der Waals surface area (Å²) in [5.74, 6) is -1.21. The summed E-state index contributed by atoms with van der Waals surface area (Å²) in [6, 6.07) is 16.6. The third-order valence-electron chi connectivity index (χ3n) is 13.4. The molecule has 2 saturated heterocycles. The molecule has 2 amide bonds. The molecule has 0 saturated carbocycles. The van der Waals surface area contributed by atoms with E-state index in [2.05, 4.69) is 35.8 Å². The fourth-order valence-corrected chi connectivity index (χ4v) is 9.86. The van der Waals surface area contributed by atoms with Gasteiger partial charge >= 0.3 is 5.97 Å². The van der Waals surface area contributed by atoms with Crippen LogP contribution in [-0.4, -0.2) is 80.6 Å². The van der Waals surface area contributed by atoms with Crippen molar-refractivity contribution in [3.63, 3.8) is 0 Å². The molecule has 63 heavy (non-hydrogen) atoms. The lowest BCUT2D eigenvalue weighted by Gasteiger charge is -2.33. The molecular weight excluding hydrogens is 799 g/mol. The minimum absolute atomic E-state index is 0.0406. The van der Waals surface area contributed by atoms with Crippen LogP contribution in [0.1, 0.15) is 98.6 Å². The van der Waals surface area contributed by atoms with Crippen LogP contribution in [0.2, 0.25) is 0 Å². The number of nitrogens with two attached hydrogens (primary N) is 2. The van der Waals surface area contributed by atoms with E-state index >= 15 is 8.78 Å². The first-order valence-electron chi connectivity index (χ1n) is 22.8. The van der Waals surface area contributed by atoms with Crippen LogP contribution in [0.5, 0.6) is 0 Å². The van der Waals surface area contributed by atoms with E-state index in [-0.39, 0.29) is 54.1 Å². The number of nitrogens with zero attached hydrogens (tertiary/aromatic N) is 4. The normalized spacial score (nSPS) is 18.2. The Morgan fingerprint density at radius 1 is 0.683 bits per heavy atom.